The van der Waals surface area contributed by atoms with Crippen LogP contribution >= 0.6 is 15.9 Å². The van der Waals surface area contributed by atoms with Crippen LogP contribution in [0, 0.1) is 18.3 Å². The number of aryl methyl sites for hydroxylation is 1. The van der Waals surface area contributed by atoms with Crippen LogP contribution in [-0.4, -0.2) is 9.78 Å². The molecule has 1 heterocycles. The van der Waals surface area contributed by atoms with E-state index in [0.717, 1.165) is 15.7 Å². The average molecular weight is 277 g/mol. The third-order valence-corrected chi connectivity index (χ3v) is 3.18. The number of nitrogens with two attached hydrogens (primary N) is 1. The predicted octanol–water partition coefficient (Wildman–Crippen LogP) is 2.40. The summed E-state index contributed by atoms with van der Waals surface area (Å²) in [5, 5.41) is 12.9. The highest BCUT2D eigenvalue weighted by molar-refractivity contribution is 9.10. The summed E-state index contributed by atoms with van der Waals surface area (Å²) in [7, 11) is 0. The number of aromatic nitrogens is 2. The molecule has 4 nitrogen and oxygen atoms in total. The fraction of sp³-hybridized carbons (Fsp3) is 0.0909. The Kier molecular flexibility index (Phi) is 2.67. The van der Waals surface area contributed by atoms with Gasteiger partial charge in [0.1, 0.15) is 17.5 Å². The number of rotatable bonds is 1. The smallest absolute Gasteiger partial charge is 0.145 e. The highest BCUT2D eigenvalue weighted by Crippen LogP contribution is 2.22. The Morgan fingerprint density at radius 1 is 1.50 bits per heavy atom. The Bertz CT molecular complexity index is 580. The van der Waals surface area contributed by atoms with Crippen LogP contribution in [0.15, 0.2) is 28.9 Å². The Labute approximate surface area is 101 Å². The molecule has 0 aliphatic rings. The number of nitriles is 1. The van der Waals surface area contributed by atoms with Crippen molar-refractivity contribution in [2.45, 2.75) is 6.92 Å². The van der Waals surface area contributed by atoms with Crippen LogP contribution in [0.3, 0.4) is 0 Å². The summed E-state index contributed by atoms with van der Waals surface area (Å²) < 4.78 is 2.53. The van der Waals surface area contributed by atoms with Crippen molar-refractivity contribution in [1.29, 1.82) is 5.26 Å². The van der Waals surface area contributed by atoms with Crippen molar-refractivity contribution in [3.05, 3.63) is 40.0 Å². The van der Waals surface area contributed by atoms with Crippen LogP contribution in [0.4, 0.5) is 5.82 Å². The Hall–Kier alpha value is -1.80. The standard InChI is InChI=1S/C11H9BrN4/c1-7-2-3-9(4-10(7)12)16-11(14)8(5-13)6-15-16/h2-4,6H,14H2,1H3. The first-order valence-corrected chi connectivity index (χ1v) is 5.43. The molecule has 0 radical (unpaired) electrons. The lowest BCUT2D eigenvalue weighted by atomic mass is 10.2. The van der Waals surface area contributed by atoms with Gasteiger partial charge in [-0.15, -0.1) is 0 Å². The van der Waals surface area contributed by atoms with Gasteiger partial charge < -0.3 is 5.73 Å². The van der Waals surface area contributed by atoms with Crippen molar-refractivity contribution >= 4 is 21.7 Å². The average Bonchev–Trinajstić information content (AvgIpc) is 2.64. The van der Waals surface area contributed by atoms with Crippen molar-refractivity contribution in [3.8, 4) is 11.8 Å². The molecule has 0 saturated carbocycles. The van der Waals surface area contributed by atoms with Gasteiger partial charge in [-0.25, -0.2) is 4.68 Å². The molecule has 0 unspecified atom stereocenters. The van der Waals surface area contributed by atoms with Crippen molar-refractivity contribution in [3.63, 3.8) is 0 Å². The second kappa shape index (κ2) is 3.99. The molecule has 80 valence electrons. The molecule has 2 rings (SSSR count). The highest BCUT2D eigenvalue weighted by atomic mass is 79.9. The summed E-state index contributed by atoms with van der Waals surface area (Å²) in [6, 6.07) is 7.78. The Morgan fingerprint density at radius 2 is 2.25 bits per heavy atom. The second-order valence-electron chi connectivity index (χ2n) is 3.40. The van der Waals surface area contributed by atoms with Crippen molar-refractivity contribution < 1.29 is 0 Å². The highest BCUT2D eigenvalue weighted by Gasteiger charge is 2.08. The van der Waals surface area contributed by atoms with Crippen molar-refractivity contribution in [2.24, 2.45) is 0 Å². The first kappa shape index (κ1) is 10.7. The number of nitrogens with zero attached hydrogens (tertiary/aromatic N) is 3. The van der Waals surface area contributed by atoms with Gasteiger partial charge in [0.05, 0.1) is 11.9 Å². The molecule has 0 saturated heterocycles. The Balaban J connectivity index is 2.55. The molecule has 0 aliphatic carbocycles. The zero-order valence-corrected chi connectivity index (χ0v) is 10.2. The number of hydrogen-bond donors (Lipinski definition) is 1. The van der Waals surface area contributed by atoms with Gasteiger partial charge in [0, 0.05) is 4.47 Å². The molecule has 0 amide bonds. The summed E-state index contributed by atoms with van der Waals surface area (Å²) in [5.74, 6) is 0.359. The third-order valence-electron chi connectivity index (χ3n) is 2.33. The first-order valence-electron chi connectivity index (χ1n) is 4.63. The van der Waals surface area contributed by atoms with E-state index >= 15 is 0 Å². The van der Waals surface area contributed by atoms with E-state index in [1.54, 1.807) is 4.68 Å². The fourth-order valence-corrected chi connectivity index (χ4v) is 1.73. The van der Waals surface area contributed by atoms with E-state index < -0.39 is 0 Å². The molecule has 0 fully saturated rings. The zero-order chi connectivity index (χ0) is 11.7. The zero-order valence-electron chi connectivity index (χ0n) is 8.61. The largest absolute Gasteiger partial charge is 0.382 e. The van der Waals surface area contributed by atoms with E-state index in [-0.39, 0.29) is 0 Å². The quantitative estimate of drug-likeness (QED) is 0.870. The lowest BCUT2D eigenvalue weighted by Gasteiger charge is -2.06. The van der Waals surface area contributed by atoms with E-state index in [2.05, 4.69) is 21.0 Å². The summed E-state index contributed by atoms with van der Waals surface area (Å²) >= 11 is 3.44. The topological polar surface area (TPSA) is 67.6 Å². The fourth-order valence-electron chi connectivity index (χ4n) is 1.36. The maximum atomic E-state index is 8.78. The second-order valence-corrected chi connectivity index (χ2v) is 4.25. The van der Waals surface area contributed by atoms with Crippen LogP contribution < -0.4 is 5.73 Å². The SMILES string of the molecule is Cc1ccc(-n2ncc(C#N)c2N)cc1Br. The molecule has 2 aromatic rings. The van der Waals surface area contributed by atoms with Crippen LogP contribution in [0.5, 0.6) is 0 Å². The van der Waals surface area contributed by atoms with E-state index in [1.165, 1.54) is 6.20 Å². The van der Waals surface area contributed by atoms with E-state index in [0.29, 0.717) is 11.4 Å². The van der Waals surface area contributed by atoms with Gasteiger partial charge in [-0.3, -0.25) is 0 Å². The van der Waals surface area contributed by atoms with Gasteiger partial charge in [-0.1, -0.05) is 22.0 Å². The van der Waals surface area contributed by atoms with Crippen molar-refractivity contribution in [1.82, 2.24) is 9.78 Å². The maximum Gasteiger partial charge on any atom is 0.145 e. The predicted molar refractivity (Wildman–Crippen MR) is 65.1 cm³/mol. The molecule has 0 aliphatic heterocycles. The third kappa shape index (κ3) is 1.68. The van der Waals surface area contributed by atoms with E-state index in [9.17, 15) is 0 Å². The molecule has 2 N–H and O–H groups in total. The summed E-state index contributed by atoms with van der Waals surface area (Å²) in [4.78, 5) is 0. The summed E-state index contributed by atoms with van der Waals surface area (Å²) in [6.45, 7) is 2.00. The van der Waals surface area contributed by atoms with Gasteiger partial charge in [-0.2, -0.15) is 10.4 Å². The van der Waals surface area contributed by atoms with Crippen LogP contribution in [0.1, 0.15) is 11.1 Å². The molecule has 5 heteroatoms. The number of nitrogen functional groups attached to an aromatic ring is 1. The maximum absolute atomic E-state index is 8.78. The lowest BCUT2D eigenvalue weighted by Crippen LogP contribution is -2.02. The van der Waals surface area contributed by atoms with Crippen LogP contribution in [-0.2, 0) is 0 Å². The summed E-state index contributed by atoms with van der Waals surface area (Å²) in [6.07, 6.45) is 1.46. The lowest BCUT2D eigenvalue weighted by molar-refractivity contribution is 0.890. The number of halogens is 1. The molecule has 0 bridgehead atoms. The molecular weight excluding hydrogens is 268 g/mol. The normalized spacial score (nSPS) is 10.1. The van der Waals surface area contributed by atoms with Gasteiger partial charge in [0.25, 0.3) is 0 Å². The molecule has 16 heavy (non-hydrogen) atoms. The van der Waals surface area contributed by atoms with Crippen LogP contribution in [0.25, 0.3) is 5.69 Å². The van der Waals surface area contributed by atoms with Gasteiger partial charge in [0.15, 0.2) is 0 Å². The van der Waals surface area contributed by atoms with Crippen LogP contribution in [0.2, 0.25) is 0 Å². The minimum Gasteiger partial charge on any atom is -0.382 e. The van der Waals surface area contributed by atoms with Gasteiger partial charge in [-0.05, 0) is 24.6 Å². The van der Waals surface area contributed by atoms with Gasteiger partial charge >= 0.3 is 0 Å². The van der Waals surface area contributed by atoms with Crippen molar-refractivity contribution in [2.75, 3.05) is 5.73 Å². The minimum absolute atomic E-state index is 0.359. The molecule has 1 aromatic heterocycles. The monoisotopic (exact) mass is 276 g/mol. The molecule has 1 aromatic carbocycles. The molecule has 0 spiro atoms. The molecule has 0 atom stereocenters. The minimum atomic E-state index is 0.359. The molecular formula is C11H9BrN4. The first-order chi connectivity index (χ1) is 7.63. The number of benzene rings is 1. The number of hydrogen-bond acceptors (Lipinski definition) is 3. The van der Waals surface area contributed by atoms with E-state index in [1.807, 2.05) is 31.2 Å². The summed E-state index contributed by atoms with van der Waals surface area (Å²) in [5.41, 5.74) is 8.15. The Morgan fingerprint density at radius 3 is 2.81 bits per heavy atom. The number of anilines is 1. The van der Waals surface area contributed by atoms with E-state index in [4.69, 9.17) is 11.0 Å². The van der Waals surface area contributed by atoms with Gasteiger partial charge in [0.2, 0.25) is 0 Å².